The van der Waals surface area contributed by atoms with Gasteiger partial charge in [0.25, 0.3) is 0 Å². The topological polar surface area (TPSA) is 109 Å². The van der Waals surface area contributed by atoms with E-state index in [1.807, 2.05) is 0 Å². The summed E-state index contributed by atoms with van der Waals surface area (Å²) >= 11 is 5.08. The van der Waals surface area contributed by atoms with E-state index in [-0.39, 0.29) is 10.0 Å². The summed E-state index contributed by atoms with van der Waals surface area (Å²) in [5.74, 6) is 0.717. The second kappa shape index (κ2) is 8.50. The number of amides is 2. The molecule has 0 heterocycles. The summed E-state index contributed by atoms with van der Waals surface area (Å²) in [5.41, 5.74) is 6.08. The van der Waals surface area contributed by atoms with Crippen LogP contribution < -0.4 is 26.2 Å². The summed E-state index contributed by atoms with van der Waals surface area (Å²) in [6.45, 7) is 0. The quantitative estimate of drug-likeness (QED) is 0.465. The van der Waals surface area contributed by atoms with Crippen molar-refractivity contribution in [2.24, 2.45) is 0 Å². The lowest BCUT2D eigenvalue weighted by molar-refractivity contribution is 0.250. The number of hydrogen-bond donors (Lipinski definition) is 4. The zero-order valence-electron chi connectivity index (χ0n) is 14.1. The number of nitrogens with one attached hydrogen (secondary N) is 4. The molecule has 0 radical (unpaired) electrons. The summed E-state index contributed by atoms with van der Waals surface area (Å²) in [4.78, 5) is 12.0. The van der Waals surface area contributed by atoms with Gasteiger partial charge in [0.15, 0.2) is 14.9 Å². The molecule has 0 bridgehead atoms. The van der Waals surface area contributed by atoms with Gasteiger partial charge in [-0.25, -0.2) is 18.6 Å². The highest BCUT2D eigenvalue weighted by atomic mass is 32.2. The van der Waals surface area contributed by atoms with E-state index in [4.69, 9.17) is 17.0 Å². The first-order chi connectivity index (χ1) is 12.3. The third-order valence-electron chi connectivity index (χ3n) is 3.18. The minimum Gasteiger partial charge on any atom is -0.497 e. The van der Waals surface area contributed by atoms with Crippen LogP contribution in [0.3, 0.4) is 0 Å². The van der Waals surface area contributed by atoms with E-state index in [2.05, 4.69) is 21.5 Å². The van der Waals surface area contributed by atoms with Gasteiger partial charge in [0.05, 0.1) is 12.0 Å². The Balaban J connectivity index is 1.81. The van der Waals surface area contributed by atoms with Crippen molar-refractivity contribution in [3.05, 3.63) is 48.5 Å². The number of methoxy groups -OCH3 is 1. The molecule has 0 aromatic heterocycles. The van der Waals surface area contributed by atoms with Crippen LogP contribution in [0.2, 0.25) is 0 Å². The van der Waals surface area contributed by atoms with Gasteiger partial charge >= 0.3 is 6.03 Å². The first-order valence-corrected chi connectivity index (χ1v) is 9.66. The molecule has 0 atom stereocenters. The molecule has 2 amide bonds. The van der Waals surface area contributed by atoms with Crippen molar-refractivity contribution in [3.8, 4) is 5.75 Å². The van der Waals surface area contributed by atoms with E-state index in [9.17, 15) is 13.2 Å². The molecule has 0 spiro atoms. The van der Waals surface area contributed by atoms with Crippen LogP contribution >= 0.6 is 12.2 Å². The van der Waals surface area contributed by atoms with Crippen molar-refractivity contribution in [1.82, 2.24) is 10.9 Å². The number of thiocarbonyl (C=S) groups is 1. The van der Waals surface area contributed by atoms with E-state index in [0.29, 0.717) is 11.4 Å². The van der Waals surface area contributed by atoms with E-state index in [0.717, 1.165) is 11.9 Å². The summed E-state index contributed by atoms with van der Waals surface area (Å²) in [6.07, 6.45) is 1.11. The first-order valence-electron chi connectivity index (χ1n) is 7.36. The highest BCUT2D eigenvalue weighted by molar-refractivity contribution is 7.90. The second-order valence-corrected chi connectivity index (χ2v) is 7.61. The number of carbonyl (C=O) groups excluding carboxylic acids is 1. The third kappa shape index (κ3) is 5.90. The van der Waals surface area contributed by atoms with Gasteiger partial charge in [-0.2, -0.15) is 0 Å². The number of rotatable bonds is 4. The molecule has 4 N–H and O–H groups in total. The molecule has 0 aliphatic rings. The minimum absolute atomic E-state index is 0.173. The van der Waals surface area contributed by atoms with E-state index in [1.54, 1.807) is 31.4 Å². The fraction of sp³-hybridized carbons (Fsp3) is 0.125. The Labute approximate surface area is 156 Å². The van der Waals surface area contributed by atoms with Gasteiger partial charge in [0, 0.05) is 17.6 Å². The fourth-order valence-corrected chi connectivity index (χ4v) is 2.70. The Hall–Kier alpha value is -2.85. The number of ether oxygens (including phenoxy) is 1. The summed E-state index contributed by atoms with van der Waals surface area (Å²) < 4.78 is 27.8. The fourth-order valence-electron chi connectivity index (χ4n) is 1.90. The normalized spacial score (nSPS) is 10.5. The minimum atomic E-state index is -3.28. The summed E-state index contributed by atoms with van der Waals surface area (Å²) in [5, 5.41) is 5.63. The second-order valence-electron chi connectivity index (χ2n) is 5.18. The molecule has 0 aliphatic heterocycles. The van der Waals surface area contributed by atoms with Crippen LogP contribution in [0.1, 0.15) is 0 Å². The van der Waals surface area contributed by atoms with Crippen LogP contribution in [-0.2, 0) is 9.84 Å². The number of sulfone groups is 1. The maximum absolute atomic E-state index is 11.8. The lowest BCUT2D eigenvalue weighted by atomic mass is 10.3. The van der Waals surface area contributed by atoms with Crippen molar-refractivity contribution >= 4 is 44.6 Å². The molecule has 0 saturated carbocycles. The molecule has 138 valence electrons. The van der Waals surface area contributed by atoms with Gasteiger partial charge in [-0.1, -0.05) is 0 Å². The Kier molecular flexibility index (Phi) is 6.36. The Morgan fingerprint density at radius 2 is 1.46 bits per heavy atom. The highest BCUT2D eigenvalue weighted by Gasteiger charge is 2.07. The molecule has 0 unspecified atom stereocenters. The molecule has 0 fully saturated rings. The summed E-state index contributed by atoms with van der Waals surface area (Å²) in [7, 11) is -1.70. The summed E-state index contributed by atoms with van der Waals surface area (Å²) in [6, 6.07) is 12.3. The number of hydrazine groups is 1. The first kappa shape index (κ1) is 19.5. The standard InChI is InChI=1S/C16H18N4O4S2/c1-24-13-7-3-12(4-8-13)18-16(25)20-19-15(21)17-11-5-9-14(10-6-11)26(2,22)23/h3-10H,1-2H3,(H2,17,19,21)(H2,18,20,25). The molecular formula is C16H18N4O4S2. The van der Waals surface area contributed by atoms with Gasteiger partial charge in [0.1, 0.15) is 5.75 Å². The highest BCUT2D eigenvalue weighted by Crippen LogP contribution is 2.15. The largest absolute Gasteiger partial charge is 0.497 e. The van der Waals surface area contributed by atoms with Crippen molar-refractivity contribution < 1.29 is 17.9 Å². The Morgan fingerprint density at radius 3 is 2.00 bits per heavy atom. The van der Waals surface area contributed by atoms with Crippen LogP contribution in [0.5, 0.6) is 5.75 Å². The molecule has 8 nitrogen and oxygen atoms in total. The SMILES string of the molecule is COc1ccc(NC(=S)NNC(=O)Nc2ccc(S(C)(=O)=O)cc2)cc1. The molecule has 2 aromatic rings. The number of urea groups is 1. The van der Waals surface area contributed by atoms with Gasteiger partial charge in [-0.05, 0) is 60.7 Å². The maximum atomic E-state index is 11.8. The van der Waals surface area contributed by atoms with E-state index < -0.39 is 15.9 Å². The van der Waals surface area contributed by atoms with Gasteiger partial charge < -0.3 is 15.4 Å². The predicted molar refractivity (Wildman–Crippen MR) is 104 cm³/mol. The zero-order valence-corrected chi connectivity index (χ0v) is 15.7. The van der Waals surface area contributed by atoms with E-state index >= 15 is 0 Å². The van der Waals surface area contributed by atoms with Gasteiger partial charge in [-0.3, -0.25) is 5.43 Å². The molecule has 0 aliphatic carbocycles. The predicted octanol–water partition coefficient (Wildman–Crippen LogP) is 2.12. The number of anilines is 2. The lowest BCUT2D eigenvalue weighted by Gasteiger charge is -2.12. The number of hydrogen-bond acceptors (Lipinski definition) is 5. The lowest BCUT2D eigenvalue weighted by Crippen LogP contribution is -2.45. The smallest absolute Gasteiger partial charge is 0.337 e. The van der Waals surface area contributed by atoms with Gasteiger partial charge in [0.2, 0.25) is 0 Å². The van der Waals surface area contributed by atoms with Crippen LogP contribution in [0.25, 0.3) is 0 Å². The van der Waals surface area contributed by atoms with E-state index in [1.165, 1.54) is 24.3 Å². The molecule has 2 aromatic carbocycles. The Morgan fingerprint density at radius 1 is 0.923 bits per heavy atom. The zero-order chi connectivity index (χ0) is 19.2. The molecule has 10 heteroatoms. The van der Waals surface area contributed by atoms with Crippen LogP contribution in [0, 0.1) is 0 Å². The van der Waals surface area contributed by atoms with Crippen molar-refractivity contribution in [2.75, 3.05) is 24.0 Å². The Bertz CT molecular complexity index is 881. The average molecular weight is 394 g/mol. The van der Waals surface area contributed by atoms with Crippen molar-refractivity contribution in [3.63, 3.8) is 0 Å². The van der Waals surface area contributed by atoms with Crippen molar-refractivity contribution in [2.45, 2.75) is 4.90 Å². The number of benzene rings is 2. The maximum Gasteiger partial charge on any atom is 0.337 e. The van der Waals surface area contributed by atoms with Crippen LogP contribution in [0.15, 0.2) is 53.4 Å². The van der Waals surface area contributed by atoms with Gasteiger partial charge in [-0.15, -0.1) is 0 Å². The van der Waals surface area contributed by atoms with Crippen molar-refractivity contribution in [1.29, 1.82) is 0 Å². The molecular weight excluding hydrogens is 376 g/mol. The monoisotopic (exact) mass is 394 g/mol. The number of carbonyl (C=O) groups is 1. The molecule has 2 rings (SSSR count). The average Bonchev–Trinajstić information content (AvgIpc) is 2.60. The van der Waals surface area contributed by atoms with Crippen LogP contribution in [-0.4, -0.2) is 32.9 Å². The molecule has 26 heavy (non-hydrogen) atoms. The molecule has 0 saturated heterocycles. The van der Waals surface area contributed by atoms with Crippen LogP contribution in [0.4, 0.5) is 16.2 Å². The third-order valence-corrected chi connectivity index (χ3v) is 4.51.